The zero-order valence-electron chi connectivity index (χ0n) is 13.3. The molecule has 3 nitrogen and oxygen atoms in total. The first kappa shape index (κ1) is 14.8. The number of aryl methyl sites for hydroxylation is 2. The molecule has 24 heavy (non-hydrogen) atoms. The van der Waals surface area contributed by atoms with Crippen LogP contribution in [0.5, 0.6) is 0 Å². The van der Waals surface area contributed by atoms with Crippen LogP contribution in [0.2, 0.25) is 0 Å². The number of hydrogen-bond donors (Lipinski definition) is 1. The van der Waals surface area contributed by atoms with Crippen LogP contribution in [0.4, 0.5) is 0 Å². The molecule has 4 aromatic rings. The predicted octanol–water partition coefficient (Wildman–Crippen LogP) is 5.43. The van der Waals surface area contributed by atoms with E-state index in [0.717, 1.165) is 32.6 Å². The minimum atomic E-state index is -0.923. The van der Waals surface area contributed by atoms with Gasteiger partial charge in [-0.3, -0.25) is 0 Å². The van der Waals surface area contributed by atoms with Gasteiger partial charge in [0.15, 0.2) is 0 Å². The van der Waals surface area contributed by atoms with E-state index in [9.17, 15) is 9.90 Å². The van der Waals surface area contributed by atoms with Gasteiger partial charge in [-0.1, -0.05) is 30.3 Å². The molecule has 0 spiro atoms. The van der Waals surface area contributed by atoms with E-state index in [4.69, 9.17) is 4.98 Å². The highest BCUT2D eigenvalue weighted by Crippen LogP contribution is 2.35. The highest BCUT2D eigenvalue weighted by atomic mass is 32.1. The number of carboxylic acids is 1. The summed E-state index contributed by atoms with van der Waals surface area (Å²) in [5.41, 5.74) is 3.92. The molecule has 0 aliphatic heterocycles. The van der Waals surface area contributed by atoms with Gasteiger partial charge in [0.25, 0.3) is 0 Å². The molecule has 4 heteroatoms. The number of thiophene rings is 1. The topological polar surface area (TPSA) is 50.2 Å². The number of rotatable bonds is 2. The number of carbonyl (C=O) groups is 1. The van der Waals surface area contributed by atoms with Crippen molar-refractivity contribution in [2.45, 2.75) is 13.8 Å². The van der Waals surface area contributed by atoms with Crippen LogP contribution >= 0.6 is 11.3 Å². The third-order valence-corrected chi connectivity index (χ3v) is 5.55. The van der Waals surface area contributed by atoms with Gasteiger partial charge < -0.3 is 5.11 Å². The van der Waals surface area contributed by atoms with Gasteiger partial charge in [-0.15, -0.1) is 11.3 Å². The molecule has 0 unspecified atom stereocenters. The average Bonchev–Trinajstić information content (AvgIpc) is 3.01. The molecule has 4 rings (SSSR count). The van der Waals surface area contributed by atoms with Crippen molar-refractivity contribution in [3.05, 3.63) is 65.2 Å². The predicted molar refractivity (Wildman–Crippen MR) is 99.0 cm³/mol. The molecule has 1 N–H and O–H groups in total. The molecule has 0 atom stereocenters. The van der Waals surface area contributed by atoms with E-state index in [-0.39, 0.29) is 0 Å². The van der Waals surface area contributed by atoms with Crippen LogP contribution in [0.15, 0.2) is 48.5 Å². The fourth-order valence-corrected chi connectivity index (χ4v) is 3.96. The molecule has 118 valence electrons. The average molecular weight is 333 g/mol. The summed E-state index contributed by atoms with van der Waals surface area (Å²) in [5, 5.41) is 11.5. The maximum Gasteiger partial charge on any atom is 0.336 e. The summed E-state index contributed by atoms with van der Waals surface area (Å²) in [6.07, 6.45) is 0. The van der Waals surface area contributed by atoms with Crippen molar-refractivity contribution >= 4 is 38.3 Å². The molecule has 0 bridgehead atoms. The fraction of sp³-hybridized carbons (Fsp3) is 0.100. The zero-order chi connectivity index (χ0) is 16.8. The normalized spacial score (nSPS) is 11.2. The van der Waals surface area contributed by atoms with E-state index in [1.54, 1.807) is 17.4 Å². The Bertz CT molecular complexity index is 1080. The van der Waals surface area contributed by atoms with E-state index in [2.05, 4.69) is 18.2 Å². The highest BCUT2D eigenvalue weighted by Gasteiger charge is 2.16. The summed E-state index contributed by atoms with van der Waals surface area (Å²) in [7, 11) is 0. The number of carboxylic acid groups (broad SMARTS) is 1. The van der Waals surface area contributed by atoms with Crippen molar-refractivity contribution in [1.82, 2.24) is 4.98 Å². The Kier molecular flexibility index (Phi) is 3.36. The molecular formula is C20H15NO2S. The Morgan fingerprint density at radius 1 is 1.08 bits per heavy atom. The van der Waals surface area contributed by atoms with Crippen molar-refractivity contribution < 1.29 is 9.90 Å². The van der Waals surface area contributed by atoms with E-state index >= 15 is 0 Å². The molecule has 0 saturated carbocycles. The molecule has 2 heterocycles. The minimum absolute atomic E-state index is 0.301. The van der Waals surface area contributed by atoms with Crippen LogP contribution in [0.3, 0.4) is 0 Å². The van der Waals surface area contributed by atoms with Crippen LogP contribution in [-0.4, -0.2) is 16.1 Å². The van der Waals surface area contributed by atoms with Gasteiger partial charge in [-0.25, -0.2) is 9.78 Å². The number of nitrogens with zero attached hydrogens (tertiary/aromatic N) is 1. The molecule has 0 saturated heterocycles. The molecular weight excluding hydrogens is 318 g/mol. The summed E-state index contributed by atoms with van der Waals surface area (Å²) in [5.74, 6) is -0.923. The highest BCUT2D eigenvalue weighted by molar-refractivity contribution is 7.22. The van der Waals surface area contributed by atoms with E-state index in [1.165, 1.54) is 4.70 Å². The number of aromatic nitrogens is 1. The van der Waals surface area contributed by atoms with E-state index in [0.29, 0.717) is 10.9 Å². The minimum Gasteiger partial charge on any atom is -0.478 e. The SMILES string of the molecule is Cc1ccc2c(C(=O)O)cc(-c3cc4ccccc4s3)nc2c1C. The van der Waals surface area contributed by atoms with Crippen LogP contribution < -0.4 is 0 Å². The van der Waals surface area contributed by atoms with Gasteiger partial charge in [0.05, 0.1) is 21.7 Å². The zero-order valence-corrected chi connectivity index (χ0v) is 14.1. The van der Waals surface area contributed by atoms with Gasteiger partial charge in [0.1, 0.15) is 0 Å². The molecule has 0 aliphatic carbocycles. The maximum absolute atomic E-state index is 11.7. The van der Waals surface area contributed by atoms with Crippen LogP contribution in [0.25, 0.3) is 31.6 Å². The molecule has 0 amide bonds. The summed E-state index contributed by atoms with van der Waals surface area (Å²) < 4.78 is 1.17. The second-order valence-electron chi connectivity index (χ2n) is 5.91. The van der Waals surface area contributed by atoms with Crippen molar-refractivity contribution in [2.24, 2.45) is 0 Å². The number of fused-ring (bicyclic) bond motifs is 2. The number of pyridine rings is 1. The van der Waals surface area contributed by atoms with E-state index < -0.39 is 5.97 Å². The van der Waals surface area contributed by atoms with Crippen molar-refractivity contribution in [1.29, 1.82) is 0 Å². The largest absolute Gasteiger partial charge is 0.478 e. The fourth-order valence-electron chi connectivity index (χ4n) is 2.94. The molecule has 0 radical (unpaired) electrons. The Hall–Kier alpha value is -2.72. The quantitative estimate of drug-likeness (QED) is 0.532. The van der Waals surface area contributed by atoms with Gasteiger partial charge in [0, 0.05) is 10.1 Å². The summed E-state index contributed by atoms with van der Waals surface area (Å²) in [6.45, 7) is 4.01. The molecule has 0 fully saturated rings. The lowest BCUT2D eigenvalue weighted by atomic mass is 10.0. The number of benzene rings is 2. The monoisotopic (exact) mass is 333 g/mol. The molecule has 2 aromatic heterocycles. The Balaban J connectivity index is 2.05. The van der Waals surface area contributed by atoms with Gasteiger partial charge in [-0.2, -0.15) is 0 Å². The molecule has 2 aromatic carbocycles. The first-order valence-corrected chi connectivity index (χ1v) is 8.49. The maximum atomic E-state index is 11.7. The van der Waals surface area contributed by atoms with Gasteiger partial charge >= 0.3 is 5.97 Å². The second-order valence-corrected chi connectivity index (χ2v) is 7.00. The smallest absolute Gasteiger partial charge is 0.336 e. The third-order valence-electron chi connectivity index (χ3n) is 4.41. The summed E-state index contributed by atoms with van der Waals surface area (Å²) in [6, 6.07) is 15.7. The van der Waals surface area contributed by atoms with Gasteiger partial charge in [-0.05, 0) is 48.6 Å². The van der Waals surface area contributed by atoms with Gasteiger partial charge in [0.2, 0.25) is 0 Å². The molecule has 0 aliphatic rings. The number of aromatic carboxylic acids is 1. The first-order valence-electron chi connectivity index (χ1n) is 7.68. The van der Waals surface area contributed by atoms with Crippen molar-refractivity contribution in [3.8, 4) is 10.6 Å². The third kappa shape index (κ3) is 2.27. The summed E-state index contributed by atoms with van der Waals surface area (Å²) >= 11 is 1.63. The number of hydrogen-bond acceptors (Lipinski definition) is 3. The first-order chi connectivity index (χ1) is 11.5. The lowest BCUT2D eigenvalue weighted by Gasteiger charge is -2.09. The van der Waals surface area contributed by atoms with Crippen molar-refractivity contribution in [2.75, 3.05) is 0 Å². The Morgan fingerprint density at radius 3 is 2.62 bits per heavy atom. The summed E-state index contributed by atoms with van der Waals surface area (Å²) in [4.78, 5) is 17.5. The lowest BCUT2D eigenvalue weighted by molar-refractivity contribution is 0.0699. The Morgan fingerprint density at radius 2 is 1.88 bits per heavy atom. The van der Waals surface area contributed by atoms with Crippen LogP contribution in [0.1, 0.15) is 21.5 Å². The second kappa shape index (κ2) is 5.42. The van der Waals surface area contributed by atoms with Crippen LogP contribution in [0, 0.1) is 13.8 Å². The lowest BCUT2D eigenvalue weighted by Crippen LogP contribution is -2.01. The van der Waals surface area contributed by atoms with Crippen LogP contribution in [-0.2, 0) is 0 Å². The Labute approximate surface area is 143 Å². The van der Waals surface area contributed by atoms with Crippen molar-refractivity contribution in [3.63, 3.8) is 0 Å². The standard InChI is InChI=1S/C20H15NO2S/c1-11-7-8-14-15(20(22)23)10-16(21-19(14)12(11)2)18-9-13-5-3-4-6-17(13)24-18/h3-10H,1-2H3,(H,22,23). The van der Waals surface area contributed by atoms with E-state index in [1.807, 2.05) is 38.1 Å².